The Morgan fingerprint density at radius 3 is 2.68 bits per heavy atom. The van der Waals surface area contributed by atoms with E-state index < -0.39 is 0 Å². The van der Waals surface area contributed by atoms with Crippen molar-refractivity contribution in [1.29, 1.82) is 0 Å². The van der Waals surface area contributed by atoms with Crippen LogP contribution in [0.2, 0.25) is 0 Å². The van der Waals surface area contributed by atoms with Gasteiger partial charge in [0.05, 0.1) is 12.1 Å². The number of hydrogen-bond donors (Lipinski definition) is 2. The van der Waals surface area contributed by atoms with Crippen molar-refractivity contribution in [3.05, 3.63) is 65.8 Å². The van der Waals surface area contributed by atoms with Crippen LogP contribution in [0.15, 0.2) is 60.1 Å². The highest BCUT2D eigenvalue weighted by Gasteiger charge is 2.08. The van der Waals surface area contributed by atoms with Gasteiger partial charge < -0.3 is 10.6 Å². The summed E-state index contributed by atoms with van der Waals surface area (Å²) >= 11 is 1.45. The van der Waals surface area contributed by atoms with Gasteiger partial charge in [0, 0.05) is 17.3 Å². The monoisotopic (exact) mass is 310 g/mol. The number of benzene rings is 1. The van der Waals surface area contributed by atoms with E-state index >= 15 is 0 Å². The first-order valence-electron chi connectivity index (χ1n) is 6.77. The summed E-state index contributed by atoms with van der Waals surface area (Å²) < 4.78 is 0. The molecule has 0 saturated heterocycles. The zero-order valence-electron chi connectivity index (χ0n) is 11.7. The molecule has 0 aliphatic heterocycles. The Morgan fingerprint density at radius 2 is 1.91 bits per heavy atom. The van der Waals surface area contributed by atoms with Gasteiger partial charge >= 0.3 is 0 Å². The Kier molecular flexibility index (Phi) is 4.41. The Hall–Kier alpha value is -2.73. The lowest BCUT2D eigenvalue weighted by Gasteiger charge is -2.03. The minimum absolute atomic E-state index is 0.0825. The lowest BCUT2D eigenvalue weighted by atomic mass is 10.3. The topological polar surface area (TPSA) is 66.9 Å². The van der Waals surface area contributed by atoms with Gasteiger partial charge in [-0.1, -0.05) is 24.3 Å². The molecule has 0 aliphatic rings. The zero-order valence-corrected chi connectivity index (χ0v) is 12.5. The molecule has 0 fully saturated rings. The third kappa shape index (κ3) is 3.89. The molecule has 0 aliphatic carbocycles. The molecule has 0 saturated carbocycles. The second kappa shape index (κ2) is 6.82. The van der Waals surface area contributed by atoms with E-state index in [1.54, 1.807) is 6.20 Å². The summed E-state index contributed by atoms with van der Waals surface area (Å²) in [6, 6.07) is 15.0. The number of rotatable bonds is 5. The van der Waals surface area contributed by atoms with E-state index in [0.29, 0.717) is 0 Å². The molecule has 0 unspecified atom stereocenters. The van der Waals surface area contributed by atoms with Gasteiger partial charge in [-0.15, -0.1) is 11.3 Å². The summed E-state index contributed by atoms with van der Waals surface area (Å²) in [6.45, 7) is 0. The highest BCUT2D eigenvalue weighted by Crippen LogP contribution is 2.20. The standard InChI is InChI=1S/C16H14N4OS/c21-15(18-12-6-2-1-3-7-12)10-13-11-22-16(19-13)20-14-8-4-5-9-17-14/h1-9,11H,10H2,(H,18,21)(H,17,19,20). The van der Waals surface area contributed by atoms with Crippen LogP contribution < -0.4 is 10.6 Å². The normalized spacial score (nSPS) is 10.2. The van der Waals surface area contributed by atoms with Crippen LogP contribution in [0.1, 0.15) is 5.69 Å². The van der Waals surface area contributed by atoms with Crippen molar-refractivity contribution in [3.63, 3.8) is 0 Å². The van der Waals surface area contributed by atoms with Crippen LogP contribution in [0.3, 0.4) is 0 Å². The van der Waals surface area contributed by atoms with Gasteiger partial charge in [-0.25, -0.2) is 9.97 Å². The van der Waals surface area contributed by atoms with E-state index in [1.807, 2.05) is 53.9 Å². The lowest BCUT2D eigenvalue weighted by molar-refractivity contribution is -0.115. The summed E-state index contributed by atoms with van der Waals surface area (Å²) in [6.07, 6.45) is 1.96. The Labute approximate surface area is 132 Å². The third-order valence-corrected chi connectivity index (χ3v) is 3.66. The second-order valence-corrected chi connectivity index (χ2v) is 5.43. The SMILES string of the molecule is O=C(Cc1csc(Nc2ccccn2)n1)Nc1ccccc1. The maximum absolute atomic E-state index is 12.0. The molecule has 3 aromatic rings. The Morgan fingerprint density at radius 1 is 1.09 bits per heavy atom. The number of thiazole rings is 1. The number of amides is 1. The quantitative estimate of drug-likeness (QED) is 0.757. The smallest absolute Gasteiger partial charge is 0.230 e. The van der Waals surface area contributed by atoms with Crippen LogP contribution in [-0.4, -0.2) is 15.9 Å². The van der Waals surface area contributed by atoms with Crippen LogP contribution in [0.4, 0.5) is 16.6 Å². The molecule has 3 rings (SSSR count). The van der Waals surface area contributed by atoms with Crippen LogP contribution in [0.5, 0.6) is 0 Å². The number of nitrogens with one attached hydrogen (secondary N) is 2. The van der Waals surface area contributed by atoms with E-state index in [-0.39, 0.29) is 12.3 Å². The summed E-state index contributed by atoms with van der Waals surface area (Å²) in [7, 11) is 0. The molecule has 110 valence electrons. The molecule has 0 radical (unpaired) electrons. The van der Waals surface area contributed by atoms with E-state index in [2.05, 4.69) is 20.6 Å². The van der Waals surface area contributed by atoms with Gasteiger partial charge in [0.2, 0.25) is 5.91 Å². The van der Waals surface area contributed by atoms with Crippen molar-refractivity contribution in [3.8, 4) is 0 Å². The number of nitrogens with zero attached hydrogens (tertiary/aromatic N) is 2. The first kappa shape index (κ1) is 14.2. The van der Waals surface area contributed by atoms with Crippen molar-refractivity contribution < 1.29 is 4.79 Å². The fraction of sp³-hybridized carbons (Fsp3) is 0.0625. The third-order valence-electron chi connectivity index (χ3n) is 2.85. The van der Waals surface area contributed by atoms with E-state index in [9.17, 15) is 4.79 Å². The van der Waals surface area contributed by atoms with E-state index in [1.165, 1.54) is 11.3 Å². The predicted octanol–water partition coefficient (Wildman–Crippen LogP) is 3.46. The summed E-state index contributed by atoms with van der Waals surface area (Å²) in [4.78, 5) is 20.5. The summed E-state index contributed by atoms with van der Waals surface area (Å²) in [5.74, 6) is 0.651. The fourth-order valence-corrected chi connectivity index (χ4v) is 2.60. The predicted molar refractivity (Wildman–Crippen MR) is 88.4 cm³/mol. The average molecular weight is 310 g/mol. The molecule has 2 aromatic heterocycles. The van der Waals surface area contributed by atoms with Crippen LogP contribution >= 0.6 is 11.3 Å². The van der Waals surface area contributed by atoms with E-state index in [0.717, 1.165) is 22.3 Å². The minimum atomic E-state index is -0.0825. The molecule has 2 heterocycles. The molecular formula is C16H14N4OS. The summed E-state index contributed by atoms with van der Waals surface area (Å²) in [5, 5.41) is 8.55. The van der Waals surface area contributed by atoms with Gasteiger partial charge in [-0.3, -0.25) is 4.79 Å². The van der Waals surface area contributed by atoms with Gasteiger partial charge in [0.25, 0.3) is 0 Å². The Balaban J connectivity index is 1.58. The van der Waals surface area contributed by atoms with Crippen molar-refractivity contribution in [2.45, 2.75) is 6.42 Å². The number of pyridine rings is 1. The molecule has 1 aromatic carbocycles. The maximum Gasteiger partial charge on any atom is 0.230 e. The Bertz CT molecular complexity index is 743. The molecule has 2 N–H and O–H groups in total. The van der Waals surface area contributed by atoms with Gasteiger partial charge in [0.15, 0.2) is 5.13 Å². The maximum atomic E-state index is 12.0. The molecular weight excluding hydrogens is 296 g/mol. The van der Waals surface area contributed by atoms with Crippen molar-refractivity contribution >= 4 is 33.9 Å². The molecule has 1 amide bonds. The van der Waals surface area contributed by atoms with Crippen molar-refractivity contribution in [2.24, 2.45) is 0 Å². The fourth-order valence-electron chi connectivity index (χ4n) is 1.88. The van der Waals surface area contributed by atoms with Gasteiger partial charge in [-0.2, -0.15) is 0 Å². The molecule has 0 spiro atoms. The van der Waals surface area contributed by atoms with Crippen LogP contribution in [-0.2, 0) is 11.2 Å². The zero-order chi connectivity index (χ0) is 15.2. The number of carbonyl (C=O) groups excluding carboxylic acids is 1. The van der Waals surface area contributed by atoms with Crippen LogP contribution in [0, 0.1) is 0 Å². The number of para-hydroxylation sites is 1. The van der Waals surface area contributed by atoms with Crippen molar-refractivity contribution in [1.82, 2.24) is 9.97 Å². The first-order chi connectivity index (χ1) is 10.8. The molecule has 22 heavy (non-hydrogen) atoms. The molecule has 0 atom stereocenters. The summed E-state index contributed by atoms with van der Waals surface area (Å²) in [5.41, 5.74) is 1.52. The largest absolute Gasteiger partial charge is 0.326 e. The number of aromatic nitrogens is 2. The van der Waals surface area contributed by atoms with Crippen molar-refractivity contribution in [2.75, 3.05) is 10.6 Å². The molecule has 0 bridgehead atoms. The number of carbonyl (C=O) groups is 1. The van der Waals surface area contributed by atoms with E-state index in [4.69, 9.17) is 0 Å². The van der Waals surface area contributed by atoms with Crippen LogP contribution in [0.25, 0.3) is 0 Å². The second-order valence-electron chi connectivity index (χ2n) is 4.57. The lowest BCUT2D eigenvalue weighted by Crippen LogP contribution is -2.14. The highest BCUT2D eigenvalue weighted by atomic mass is 32.1. The first-order valence-corrected chi connectivity index (χ1v) is 7.65. The number of hydrogen-bond acceptors (Lipinski definition) is 5. The minimum Gasteiger partial charge on any atom is -0.326 e. The average Bonchev–Trinajstić information content (AvgIpc) is 2.96. The number of anilines is 3. The van der Waals surface area contributed by atoms with Gasteiger partial charge in [0.1, 0.15) is 5.82 Å². The molecule has 5 nitrogen and oxygen atoms in total. The molecule has 6 heteroatoms. The highest BCUT2D eigenvalue weighted by molar-refractivity contribution is 7.13. The van der Waals surface area contributed by atoms with Gasteiger partial charge in [-0.05, 0) is 24.3 Å².